The van der Waals surface area contributed by atoms with Gasteiger partial charge in [-0.2, -0.15) is 26.3 Å². The lowest BCUT2D eigenvalue weighted by Gasteiger charge is -2.37. The second-order valence-corrected chi connectivity index (χ2v) is 7.51. The summed E-state index contributed by atoms with van der Waals surface area (Å²) in [6.45, 7) is 2.48. The molecule has 0 radical (unpaired) electrons. The number of carbonyl (C=O) groups excluding carboxylic acids is 1. The number of hydrogen-bond acceptors (Lipinski definition) is 3. The predicted molar refractivity (Wildman–Crippen MR) is 96.2 cm³/mol. The van der Waals surface area contributed by atoms with Gasteiger partial charge in [-0.15, -0.1) is 0 Å². The maximum Gasteiger partial charge on any atom is 0.416 e. The van der Waals surface area contributed by atoms with Gasteiger partial charge in [0.05, 0.1) is 17.2 Å². The molecule has 2 N–H and O–H groups in total. The van der Waals surface area contributed by atoms with Gasteiger partial charge in [-0.3, -0.25) is 0 Å². The first kappa shape index (κ1) is 23.8. The molecule has 1 aromatic carbocycles. The highest BCUT2D eigenvalue weighted by atomic mass is 19.4. The molecule has 0 saturated heterocycles. The third-order valence-electron chi connectivity index (χ3n) is 4.65. The Morgan fingerprint density at radius 1 is 1.13 bits per heavy atom. The van der Waals surface area contributed by atoms with Crippen LogP contribution in [0.1, 0.15) is 25.8 Å². The Morgan fingerprint density at radius 2 is 1.73 bits per heavy atom. The van der Waals surface area contributed by atoms with Crippen LogP contribution in [0.2, 0.25) is 0 Å². The van der Waals surface area contributed by atoms with Gasteiger partial charge >= 0.3 is 18.4 Å². The van der Waals surface area contributed by atoms with Gasteiger partial charge in [0.1, 0.15) is 6.61 Å². The number of benzene rings is 1. The number of allylic oxidation sites excluding steroid dienone is 3. The van der Waals surface area contributed by atoms with E-state index in [2.05, 4.69) is 5.32 Å². The van der Waals surface area contributed by atoms with Crippen LogP contribution in [0, 0.1) is 5.92 Å². The quantitative estimate of drug-likeness (QED) is 0.634. The second kappa shape index (κ2) is 8.71. The van der Waals surface area contributed by atoms with Crippen LogP contribution in [0.5, 0.6) is 0 Å². The SMILES string of the molecule is CC(C)(NC(=O)OCc1ccccc1)C(O)C1C=C(C(F)(F)F)C=C(C(F)(F)F)C1. The van der Waals surface area contributed by atoms with Crippen LogP contribution < -0.4 is 5.32 Å². The molecule has 10 heteroatoms. The van der Waals surface area contributed by atoms with Gasteiger partial charge in [-0.05, 0) is 31.9 Å². The summed E-state index contributed by atoms with van der Waals surface area (Å²) in [5, 5.41) is 12.8. The van der Waals surface area contributed by atoms with Crippen LogP contribution in [0.3, 0.4) is 0 Å². The fourth-order valence-corrected chi connectivity index (χ4v) is 3.05. The number of alkyl halides is 6. The van der Waals surface area contributed by atoms with E-state index in [1.165, 1.54) is 13.8 Å². The number of ether oxygens (including phenoxy) is 1. The van der Waals surface area contributed by atoms with Crippen LogP contribution in [0.4, 0.5) is 31.1 Å². The number of aliphatic hydroxyl groups excluding tert-OH is 1. The van der Waals surface area contributed by atoms with Gasteiger partial charge in [-0.1, -0.05) is 36.4 Å². The largest absolute Gasteiger partial charge is 0.445 e. The molecular formula is C20H21F6NO3. The molecular weight excluding hydrogens is 416 g/mol. The number of aliphatic hydroxyl groups is 1. The van der Waals surface area contributed by atoms with Crippen molar-refractivity contribution >= 4 is 6.09 Å². The lowest BCUT2D eigenvalue weighted by Crippen LogP contribution is -2.55. The summed E-state index contributed by atoms with van der Waals surface area (Å²) >= 11 is 0. The summed E-state index contributed by atoms with van der Waals surface area (Å²) in [5.74, 6) is -1.52. The molecule has 0 aromatic heterocycles. The van der Waals surface area contributed by atoms with Gasteiger partial charge < -0.3 is 15.2 Å². The molecule has 0 aliphatic heterocycles. The summed E-state index contributed by atoms with van der Waals surface area (Å²) in [6, 6.07) is 8.61. The topological polar surface area (TPSA) is 58.6 Å². The Balaban J connectivity index is 2.12. The van der Waals surface area contributed by atoms with Crippen LogP contribution >= 0.6 is 0 Å². The highest BCUT2D eigenvalue weighted by Gasteiger charge is 2.45. The molecule has 166 valence electrons. The molecule has 30 heavy (non-hydrogen) atoms. The first-order valence-corrected chi connectivity index (χ1v) is 8.94. The van der Waals surface area contributed by atoms with Crippen LogP contribution in [-0.4, -0.2) is 35.2 Å². The number of nitrogens with one attached hydrogen (secondary N) is 1. The van der Waals surface area contributed by atoms with E-state index >= 15 is 0 Å². The maximum atomic E-state index is 13.1. The van der Waals surface area contributed by atoms with Crippen LogP contribution in [0.15, 0.2) is 53.6 Å². The van der Waals surface area contributed by atoms with E-state index in [1.807, 2.05) is 0 Å². The van der Waals surface area contributed by atoms with Gasteiger partial charge in [0, 0.05) is 11.5 Å². The van der Waals surface area contributed by atoms with E-state index in [1.54, 1.807) is 30.3 Å². The van der Waals surface area contributed by atoms with Crippen molar-refractivity contribution < 1.29 is 41.0 Å². The van der Waals surface area contributed by atoms with E-state index in [9.17, 15) is 36.2 Å². The van der Waals surface area contributed by atoms with Crippen molar-refractivity contribution in [1.29, 1.82) is 0 Å². The number of carbonyl (C=O) groups is 1. The monoisotopic (exact) mass is 437 g/mol. The Labute approximate surface area is 169 Å². The van der Waals surface area contributed by atoms with E-state index in [0.29, 0.717) is 11.6 Å². The first-order chi connectivity index (χ1) is 13.7. The Hall–Kier alpha value is -2.49. The van der Waals surface area contributed by atoms with E-state index in [4.69, 9.17) is 4.74 Å². The van der Waals surface area contributed by atoms with Crippen molar-refractivity contribution in [2.75, 3.05) is 0 Å². The molecule has 1 aromatic rings. The minimum absolute atomic E-state index is 0.0395. The predicted octanol–water partition coefficient (Wildman–Crippen LogP) is 5.05. The minimum Gasteiger partial charge on any atom is -0.445 e. The van der Waals surface area contributed by atoms with Gasteiger partial charge in [-0.25, -0.2) is 4.79 Å². The number of hydrogen-bond donors (Lipinski definition) is 2. The smallest absolute Gasteiger partial charge is 0.416 e. The van der Waals surface area contributed by atoms with Crippen molar-refractivity contribution in [3.05, 3.63) is 59.2 Å². The van der Waals surface area contributed by atoms with E-state index < -0.39 is 53.6 Å². The van der Waals surface area contributed by atoms with E-state index in [-0.39, 0.29) is 12.7 Å². The fraction of sp³-hybridized carbons (Fsp3) is 0.450. The Kier molecular flexibility index (Phi) is 6.90. The van der Waals surface area contributed by atoms with Crippen molar-refractivity contribution in [2.45, 2.75) is 50.9 Å². The average molecular weight is 437 g/mol. The number of halogens is 6. The second-order valence-electron chi connectivity index (χ2n) is 7.51. The molecule has 2 atom stereocenters. The molecule has 0 saturated carbocycles. The lowest BCUT2D eigenvalue weighted by atomic mass is 9.79. The summed E-state index contributed by atoms with van der Waals surface area (Å²) in [6.07, 6.45) is -13.0. The van der Waals surface area contributed by atoms with Crippen LogP contribution in [0.25, 0.3) is 0 Å². The molecule has 2 unspecified atom stereocenters. The lowest BCUT2D eigenvalue weighted by molar-refractivity contribution is -0.102. The highest BCUT2D eigenvalue weighted by molar-refractivity contribution is 5.68. The number of amides is 1. The Morgan fingerprint density at radius 3 is 2.27 bits per heavy atom. The van der Waals surface area contributed by atoms with E-state index in [0.717, 1.165) is 0 Å². The Bertz CT molecular complexity index is 812. The molecule has 1 aliphatic carbocycles. The van der Waals surface area contributed by atoms with Crippen LogP contribution in [-0.2, 0) is 11.3 Å². The summed E-state index contributed by atoms with van der Waals surface area (Å²) < 4.78 is 83.4. The fourth-order valence-electron chi connectivity index (χ4n) is 3.05. The normalized spacial score (nSPS) is 18.9. The van der Waals surface area contributed by atoms with Crippen molar-refractivity contribution in [1.82, 2.24) is 5.32 Å². The molecule has 0 bridgehead atoms. The number of alkyl carbamates (subject to hydrolysis) is 1. The third kappa shape index (κ3) is 6.25. The summed E-state index contributed by atoms with van der Waals surface area (Å²) in [5.41, 5.74) is -3.79. The highest BCUT2D eigenvalue weighted by Crippen LogP contribution is 2.41. The van der Waals surface area contributed by atoms with Gasteiger partial charge in [0.15, 0.2) is 0 Å². The number of rotatable bonds is 5. The van der Waals surface area contributed by atoms with Gasteiger partial charge in [0.2, 0.25) is 0 Å². The van der Waals surface area contributed by atoms with Gasteiger partial charge in [0.25, 0.3) is 0 Å². The first-order valence-electron chi connectivity index (χ1n) is 8.94. The molecule has 1 aliphatic rings. The molecule has 1 amide bonds. The molecule has 2 rings (SSSR count). The summed E-state index contributed by atoms with van der Waals surface area (Å²) in [7, 11) is 0. The van der Waals surface area contributed by atoms with Crippen molar-refractivity contribution in [3.63, 3.8) is 0 Å². The zero-order chi connectivity index (χ0) is 22.7. The summed E-state index contributed by atoms with van der Waals surface area (Å²) in [4.78, 5) is 12.0. The maximum absolute atomic E-state index is 13.1. The third-order valence-corrected chi connectivity index (χ3v) is 4.65. The van der Waals surface area contributed by atoms with Crippen molar-refractivity contribution in [3.8, 4) is 0 Å². The molecule has 4 nitrogen and oxygen atoms in total. The molecule has 0 fully saturated rings. The average Bonchev–Trinajstić information content (AvgIpc) is 2.64. The van der Waals surface area contributed by atoms with Crippen molar-refractivity contribution in [2.24, 2.45) is 5.92 Å². The molecule has 0 spiro atoms. The standard InChI is InChI=1S/C20H21F6NO3/c1-18(2,27-17(29)30-11-12-6-4-3-5-7-12)16(28)13-8-14(19(21,22)23)10-15(9-13)20(24,25)26/h3-8,10,13,16,28H,9,11H2,1-2H3,(H,27,29). The molecule has 0 heterocycles. The zero-order valence-corrected chi connectivity index (χ0v) is 16.1. The minimum atomic E-state index is -5.01. The zero-order valence-electron chi connectivity index (χ0n) is 16.1.